The minimum Gasteiger partial charge on any atom is -0.356 e. The molecule has 0 amide bonds. The number of para-hydroxylation sites is 2. The molecule has 21 rings (SSSR count). The standard InChI is InChI=1S/C26H22N2.C21H16N2.C18H13N3.C17H12N2.2C17H14N2/c1-26(2)24-8-4-3-7-22(24)23-14-13-21(16-25(23)26)28-20-11-9-18(10-12-20)19-6-5-15-27-17-19;1-2-8-20-17(5-1)6-3-9-21(20)23-19-12-10-16(11-13-19)18-7-4-14-22-15-18;19-12-14-3-7-17(8-4-14)21-18-9-5-15(6-10-18)16-2-1-11-20-13-16;1-18-14-9-11-15(12-10-14)19-17-8-4-6-13-5-2-3-7-16(13)17;1-2-6-16(7-3-1)19-17-10-8-14(9-11-17)15-5-4-12-18-13-15;1-2-4-16(5-3-1)19-17-8-6-14(7-9-17)15-10-12-18-13-11-15/h3-17,28H,1-2H3;1-15,23H;1-11,13,21H;2-12,19H;2*1-13,19H. The first kappa shape index (κ1) is 84.9. The highest BCUT2D eigenvalue weighted by molar-refractivity contribution is 5.97. The van der Waals surface area contributed by atoms with E-state index in [1.54, 1.807) is 36.9 Å². The Kier molecular flexibility index (Phi) is 27.9. The Balaban J connectivity index is 0.000000114. The van der Waals surface area contributed by atoms with Crippen molar-refractivity contribution < 1.29 is 0 Å². The molecule has 129 heavy (non-hydrogen) atoms. The molecule has 13 heteroatoms. The number of benzene rings is 15. The van der Waals surface area contributed by atoms with Crippen LogP contribution in [0.5, 0.6) is 0 Å². The summed E-state index contributed by atoms with van der Waals surface area (Å²) < 4.78 is 0. The molecule has 0 spiro atoms. The van der Waals surface area contributed by atoms with E-state index in [2.05, 4.69) is 342 Å². The molecule has 6 N–H and O–H groups in total. The zero-order valence-corrected chi connectivity index (χ0v) is 71.2. The lowest BCUT2D eigenvalue weighted by Crippen LogP contribution is -2.15. The molecule has 0 saturated heterocycles. The summed E-state index contributed by atoms with van der Waals surface area (Å²) in [7, 11) is 0. The lowest BCUT2D eigenvalue weighted by Gasteiger charge is -2.22. The molecule has 13 nitrogen and oxygen atoms in total. The fraction of sp³-hybridized carbons (Fsp3) is 0.0259. The summed E-state index contributed by atoms with van der Waals surface area (Å²) in [4.78, 5) is 24.1. The third kappa shape index (κ3) is 22.8. The van der Waals surface area contributed by atoms with Crippen LogP contribution in [0.1, 0.15) is 30.5 Å². The van der Waals surface area contributed by atoms with E-state index in [0.717, 1.165) is 96.1 Å². The van der Waals surface area contributed by atoms with Crippen molar-refractivity contribution in [2.75, 3.05) is 31.9 Å². The summed E-state index contributed by atoms with van der Waals surface area (Å²) in [6, 6.07) is 144. The van der Waals surface area contributed by atoms with Crippen LogP contribution in [0, 0.1) is 17.9 Å². The van der Waals surface area contributed by atoms with Gasteiger partial charge in [0.1, 0.15) is 0 Å². The second kappa shape index (κ2) is 42.4. The molecule has 15 aromatic carbocycles. The van der Waals surface area contributed by atoms with Crippen molar-refractivity contribution in [1.29, 1.82) is 5.26 Å². The van der Waals surface area contributed by atoms with Crippen molar-refractivity contribution in [2.24, 2.45) is 0 Å². The van der Waals surface area contributed by atoms with Gasteiger partial charge >= 0.3 is 0 Å². The van der Waals surface area contributed by atoms with E-state index in [-0.39, 0.29) is 5.41 Å². The number of nitriles is 1. The lowest BCUT2D eigenvalue weighted by atomic mass is 9.82. The molecule has 20 aromatic rings. The largest absolute Gasteiger partial charge is 0.356 e. The maximum absolute atomic E-state index is 8.78. The van der Waals surface area contributed by atoms with E-state index in [0.29, 0.717) is 11.3 Å². The van der Waals surface area contributed by atoms with Gasteiger partial charge in [0.05, 0.1) is 18.2 Å². The van der Waals surface area contributed by atoms with Crippen molar-refractivity contribution in [2.45, 2.75) is 19.3 Å². The van der Waals surface area contributed by atoms with Gasteiger partial charge in [-0.2, -0.15) is 5.26 Å². The highest BCUT2D eigenvalue weighted by Gasteiger charge is 2.35. The molecule has 0 unspecified atom stereocenters. The van der Waals surface area contributed by atoms with Crippen LogP contribution in [0.3, 0.4) is 0 Å². The minimum absolute atomic E-state index is 0.0216. The van der Waals surface area contributed by atoms with Crippen LogP contribution in [-0.4, -0.2) is 24.9 Å². The number of fused-ring (bicyclic) bond motifs is 5. The number of pyridine rings is 5. The quantitative estimate of drug-likeness (QED) is 0.0479. The van der Waals surface area contributed by atoms with Crippen molar-refractivity contribution in [1.82, 2.24) is 24.9 Å². The number of hydrogen-bond donors (Lipinski definition) is 6. The van der Waals surface area contributed by atoms with Crippen LogP contribution in [0.2, 0.25) is 0 Å². The summed E-state index contributed by atoms with van der Waals surface area (Å²) >= 11 is 0. The van der Waals surface area contributed by atoms with Gasteiger partial charge in [-0.1, -0.05) is 250 Å². The van der Waals surface area contributed by atoms with Crippen molar-refractivity contribution in [3.8, 4) is 72.8 Å². The van der Waals surface area contributed by atoms with Crippen LogP contribution in [0.15, 0.2) is 481 Å². The molecule has 0 atom stereocenters. The van der Waals surface area contributed by atoms with Gasteiger partial charge in [-0.25, -0.2) is 4.85 Å². The molecule has 0 bridgehead atoms. The smallest absolute Gasteiger partial charge is 0.187 e. The van der Waals surface area contributed by atoms with Gasteiger partial charge < -0.3 is 31.9 Å². The first-order chi connectivity index (χ1) is 63.6. The zero-order valence-electron chi connectivity index (χ0n) is 71.2. The normalized spacial score (nSPS) is 10.9. The minimum atomic E-state index is 0.0216. The molecular weight excluding hydrogens is 1580 g/mol. The van der Waals surface area contributed by atoms with Gasteiger partial charge in [-0.3, -0.25) is 24.9 Å². The summed E-state index contributed by atoms with van der Waals surface area (Å²) in [6.07, 6.45) is 18.3. The SMILES string of the molecule is CC1(C)c2ccccc2-c2ccc(Nc3ccc(-c4cccnc4)cc3)cc21.N#Cc1ccc(Nc2ccc(-c3cccnc3)cc2)cc1.[C-]#[N+]c1ccc(Nc2cccc3ccccc23)cc1.c1ccc(Nc2ccc(-c3cccnc3)cc2)cc1.c1ccc(Nc2ccc(-c3ccncc3)cc2)cc1.c1cncc(-c2ccc(Nc3cccc4ccccc34)cc2)c1. The van der Waals surface area contributed by atoms with E-state index in [9.17, 15) is 0 Å². The van der Waals surface area contributed by atoms with Gasteiger partial charge in [0.25, 0.3) is 0 Å². The third-order valence-electron chi connectivity index (χ3n) is 21.9. The number of nitrogens with zero attached hydrogens (tertiary/aromatic N) is 7. The summed E-state index contributed by atoms with van der Waals surface area (Å²) in [5.74, 6) is 0. The molecular formula is C116H91N13. The fourth-order valence-electron chi connectivity index (χ4n) is 15.1. The Morgan fingerprint density at radius 3 is 0.946 bits per heavy atom. The predicted molar refractivity (Wildman–Crippen MR) is 537 cm³/mol. The Hall–Kier alpha value is -17.7. The van der Waals surface area contributed by atoms with Crippen LogP contribution in [-0.2, 0) is 5.41 Å². The maximum atomic E-state index is 8.78. The van der Waals surface area contributed by atoms with Crippen LogP contribution in [0.4, 0.5) is 73.9 Å². The van der Waals surface area contributed by atoms with E-state index in [1.807, 2.05) is 183 Å². The van der Waals surface area contributed by atoms with Crippen LogP contribution < -0.4 is 31.9 Å². The van der Waals surface area contributed by atoms with E-state index >= 15 is 0 Å². The molecule has 0 saturated carbocycles. The highest BCUT2D eigenvalue weighted by atomic mass is 14.9. The van der Waals surface area contributed by atoms with Crippen molar-refractivity contribution >= 4 is 95.5 Å². The Morgan fingerprint density at radius 2 is 0.558 bits per heavy atom. The fourth-order valence-corrected chi connectivity index (χ4v) is 15.1. The summed E-state index contributed by atoms with van der Waals surface area (Å²) in [5.41, 5.74) is 31.1. The highest BCUT2D eigenvalue weighted by Crippen LogP contribution is 2.49. The monoisotopic (exact) mass is 1670 g/mol. The average Bonchev–Trinajstić information content (AvgIpc) is 1.58. The number of anilines is 12. The number of rotatable bonds is 17. The van der Waals surface area contributed by atoms with Crippen LogP contribution in [0.25, 0.3) is 93.2 Å². The second-order valence-electron chi connectivity index (χ2n) is 30.9. The Morgan fingerprint density at radius 1 is 0.248 bits per heavy atom. The van der Waals surface area contributed by atoms with Crippen molar-refractivity contribution in [3.05, 3.63) is 509 Å². The number of hydrogen-bond acceptors (Lipinski definition) is 12. The van der Waals surface area contributed by atoms with Gasteiger partial charge in [-0.15, -0.1) is 0 Å². The molecule has 0 aliphatic heterocycles. The molecule has 5 aromatic heterocycles. The summed E-state index contributed by atoms with van der Waals surface area (Å²) in [5, 5.41) is 34.2. The average molecular weight is 1670 g/mol. The molecule has 1 aliphatic rings. The van der Waals surface area contributed by atoms with Gasteiger partial charge in [0.15, 0.2) is 5.69 Å². The topological polar surface area (TPSA) is 165 Å². The number of nitrogens with one attached hydrogen (secondary N) is 6. The van der Waals surface area contributed by atoms with E-state index in [1.165, 1.54) is 71.6 Å². The molecule has 620 valence electrons. The van der Waals surface area contributed by atoms with E-state index in [4.69, 9.17) is 11.8 Å². The second-order valence-corrected chi connectivity index (χ2v) is 30.9. The maximum Gasteiger partial charge on any atom is 0.187 e. The first-order valence-corrected chi connectivity index (χ1v) is 42.5. The molecule has 1 aliphatic carbocycles. The molecule has 5 heterocycles. The number of aromatic nitrogens is 5. The molecule has 0 radical (unpaired) electrons. The molecule has 0 fully saturated rings. The third-order valence-corrected chi connectivity index (χ3v) is 21.9. The predicted octanol–water partition coefficient (Wildman–Crippen LogP) is 30.9. The summed E-state index contributed by atoms with van der Waals surface area (Å²) in [6.45, 7) is 11.6. The van der Waals surface area contributed by atoms with Gasteiger partial charge in [0, 0.05) is 146 Å². The van der Waals surface area contributed by atoms with E-state index < -0.39 is 0 Å². The van der Waals surface area contributed by atoms with Gasteiger partial charge in [0.2, 0.25) is 0 Å². The lowest BCUT2D eigenvalue weighted by molar-refractivity contribution is 0.660. The van der Waals surface area contributed by atoms with Gasteiger partial charge in [-0.05, 0) is 271 Å². The van der Waals surface area contributed by atoms with Crippen molar-refractivity contribution in [3.63, 3.8) is 0 Å². The van der Waals surface area contributed by atoms with Crippen LogP contribution >= 0.6 is 0 Å². The Labute approximate surface area is 753 Å². The first-order valence-electron chi connectivity index (χ1n) is 42.5. The zero-order chi connectivity index (χ0) is 88.0. The Bertz CT molecular complexity index is 6920.